The summed E-state index contributed by atoms with van der Waals surface area (Å²) in [5.41, 5.74) is 1.92. The van der Waals surface area contributed by atoms with E-state index in [1.54, 1.807) is 6.07 Å². The standard InChI is InChI=1S/C13H14FN/c1-9-7-13-10(8-12(9)14)5-6-15(13)11-3-2-4-11/h5-8,11H,2-4H2,1H3. The Morgan fingerprint density at radius 2 is 2.13 bits per heavy atom. The highest BCUT2D eigenvalue weighted by Crippen LogP contribution is 2.35. The second kappa shape index (κ2) is 3.09. The monoisotopic (exact) mass is 203 g/mol. The van der Waals surface area contributed by atoms with Crippen LogP contribution in [-0.4, -0.2) is 4.57 Å². The van der Waals surface area contributed by atoms with Gasteiger partial charge in [0.15, 0.2) is 0 Å². The first-order valence-corrected chi connectivity index (χ1v) is 5.52. The first-order valence-electron chi connectivity index (χ1n) is 5.52. The molecule has 1 aromatic carbocycles. The predicted octanol–water partition coefficient (Wildman–Crippen LogP) is 3.81. The molecule has 2 aromatic rings. The van der Waals surface area contributed by atoms with E-state index >= 15 is 0 Å². The van der Waals surface area contributed by atoms with E-state index in [4.69, 9.17) is 0 Å². The van der Waals surface area contributed by atoms with E-state index in [9.17, 15) is 4.39 Å². The van der Waals surface area contributed by atoms with Gasteiger partial charge in [0, 0.05) is 23.1 Å². The molecule has 78 valence electrons. The smallest absolute Gasteiger partial charge is 0.126 e. The highest BCUT2D eigenvalue weighted by Gasteiger charge is 2.20. The summed E-state index contributed by atoms with van der Waals surface area (Å²) in [4.78, 5) is 0. The van der Waals surface area contributed by atoms with E-state index in [-0.39, 0.29) is 5.82 Å². The van der Waals surface area contributed by atoms with E-state index in [0.717, 1.165) is 10.9 Å². The molecule has 2 heteroatoms. The third kappa shape index (κ3) is 1.28. The summed E-state index contributed by atoms with van der Waals surface area (Å²) >= 11 is 0. The number of hydrogen-bond donors (Lipinski definition) is 0. The summed E-state index contributed by atoms with van der Waals surface area (Å²) in [7, 11) is 0. The van der Waals surface area contributed by atoms with E-state index in [1.807, 2.05) is 19.1 Å². The fourth-order valence-electron chi connectivity index (χ4n) is 2.26. The van der Waals surface area contributed by atoms with Gasteiger partial charge in [-0.05, 0) is 49.9 Å². The van der Waals surface area contributed by atoms with Gasteiger partial charge in [0.1, 0.15) is 5.82 Å². The van der Waals surface area contributed by atoms with Crippen molar-refractivity contribution >= 4 is 10.9 Å². The number of fused-ring (bicyclic) bond motifs is 1. The van der Waals surface area contributed by atoms with Crippen LogP contribution in [0.1, 0.15) is 30.9 Å². The third-order valence-corrected chi connectivity index (χ3v) is 3.47. The van der Waals surface area contributed by atoms with Crippen molar-refractivity contribution in [1.82, 2.24) is 4.57 Å². The summed E-state index contributed by atoms with van der Waals surface area (Å²) in [6.07, 6.45) is 5.94. The molecule has 1 saturated carbocycles. The normalized spacial score (nSPS) is 16.9. The molecule has 0 spiro atoms. The van der Waals surface area contributed by atoms with Crippen molar-refractivity contribution < 1.29 is 4.39 Å². The molecule has 1 aliphatic carbocycles. The van der Waals surface area contributed by atoms with Crippen molar-refractivity contribution in [3.63, 3.8) is 0 Å². The van der Waals surface area contributed by atoms with Crippen LogP contribution in [0, 0.1) is 12.7 Å². The van der Waals surface area contributed by atoms with Crippen LogP contribution in [0.5, 0.6) is 0 Å². The molecule has 1 aliphatic rings. The van der Waals surface area contributed by atoms with Crippen LogP contribution in [0.15, 0.2) is 24.4 Å². The molecule has 0 atom stereocenters. The summed E-state index contributed by atoms with van der Waals surface area (Å²) in [5.74, 6) is -0.103. The summed E-state index contributed by atoms with van der Waals surface area (Å²) in [6, 6.07) is 6.26. The lowest BCUT2D eigenvalue weighted by Gasteiger charge is -2.28. The van der Waals surface area contributed by atoms with Crippen LogP contribution in [0.3, 0.4) is 0 Å². The Bertz CT molecular complexity index is 508. The number of aryl methyl sites for hydroxylation is 1. The number of aromatic nitrogens is 1. The Morgan fingerprint density at radius 3 is 2.80 bits per heavy atom. The van der Waals surface area contributed by atoms with Crippen molar-refractivity contribution in [3.05, 3.63) is 35.8 Å². The van der Waals surface area contributed by atoms with Crippen LogP contribution >= 0.6 is 0 Å². The molecule has 1 nitrogen and oxygen atoms in total. The molecule has 1 aromatic heterocycles. The molecular formula is C13H14FN. The fourth-order valence-corrected chi connectivity index (χ4v) is 2.26. The van der Waals surface area contributed by atoms with Crippen LogP contribution in [0.4, 0.5) is 4.39 Å². The van der Waals surface area contributed by atoms with Crippen LogP contribution in [0.25, 0.3) is 10.9 Å². The largest absolute Gasteiger partial charge is 0.344 e. The number of benzene rings is 1. The molecular weight excluding hydrogens is 189 g/mol. The zero-order valence-electron chi connectivity index (χ0n) is 8.83. The van der Waals surface area contributed by atoms with Gasteiger partial charge >= 0.3 is 0 Å². The van der Waals surface area contributed by atoms with Gasteiger partial charge in [-0.3, -0.25) is 0 Å². The van der Waals surface area contributed by atoms with Crippen molar-refractivity contribution in [2.75, 3.05) is 0 Å². The topological polar surface area (TPSA) is 4.93 Å². The molecule has 0 N–H and O–H groups in total. The zero-order chi connectivity index (χ0) is 10.4. The molecule has 0 unspecified atom stereocenters. The highest BCUT2D eigenvalue weighted by atomic mass is 19.1. The van der Waals surface area contributed by atoms with Gasteiger partial charge < -0.3 is 4.57 Å². The highest BCUT2D eigenvalue weighted by molar-refractivity contribution is 5.81. The lowest BCUT2D eigenvalue weighted by molar-refractivity contribution is 0.321. The molecule has 0 bridgehead atoms. The average molecular weight is 203 g/mol. The minimum Gasteiger partial charge on any atom is -0.344 e. The Kier molecular flexibility index (Phi) is 1.84. The number of hydrogen-bond acceptors (Lipinski definition) is 0. The molecule has 1 fully saturated rings. The Balaban J connectivity index is 2.19. The molecule has 0 saturated heterocycles. The molecule has 0 amide bonds. The van der Waals surface area contributed by atoms with Gasteiger partial charge in [0.2, 0.25) is 0 Å². The number of halogens is 1. The Morgan fingerprint density at radius 1 is 1.33 bits per heavy atom. The molecule has 0 aliphatic heterocycles. The quantitative estimate of drug-likeness (QED) is 0.664. The Labute approximate surface area is 88.5 Å². The number of rotatable bonds is 1. The van der Waals surface area contributed by atoms with Gasteiger partial charge in [-0.2, -0.15) is 0 Å². The van der Waals surface area contributed by atoms with Crippen molar-refractivity contribution in [3.8, 4) is 0 Å². The van der Waals surface area contributed by atoms with Crippen LogP contribution in [-0.2, 0) is 0 Å². The van der Waals surface area contributed by atoms with Crippen molar-refractivity contribution in [2.45, 2.75) is 32.2 Å². The van der Waals surface area contributed by atoms with Crippen LogP contribution < -0.4 is 0 Å². The van der Waals surface area contributed by atoms with E-state index in [0.29, 0.717) is 6.04 Å². The van der Waals surface area contributed by atoms with E-state index in [2.05, 4.69) is 10.8 Å². The van der Waals surface area contributed by atoms with E-state index in [1.165, 1.54) is 24.8 Å². The summed E-state index contributed by atoms with van der Waals surface area (Å²) in [6.45, 7) is 1.83. The maximum atomic E-state index is 13.3. The maximum absolute atomic E-state index is 13.3. The fraction of sp³-hybridized carbons (Fsp3) is 0.385. The van der Waals surface area contributed by atoms with Crippen molar-refractivity contribution in [1.29, 1.82) is 0 Å². The van der Waals surface area contributed by atoms with Crippen molar-refractivity contribution in [2.24, 2.45) is 0 Å². The second-order valence-electron chi connectivity index (χ2n) is 4.47. The molecule has 15 heavy (non-hydrogen) atoms. The van der Waals surface area contributed by atoms with Gasteiger partial charge in [-0.25, -0.2) is 4.39 Å². The Hall–Kier alpha value is -1.31. The summed E-state index contributed by atoms with van der Waals surface area (Å²) in [5, 5.41) is 1.02. The maximum Gasteiger partial charge on any atom is 0.126 e. The van der Waals surface area contributed by atoms with Crippen LogP contribution in [0.2, 0.25) is 0 Å². The SMILES string of the molecule is Cc1cc2c(ccn2C2CCC2)cc1F. The molecule has 3 rings (SSSR count). The van der Waals surface area contributed by atoms with Gasteiger partial charge in [-0.15, -0.1) is 0 Å². The summed E-state index contributed by atoms with van der Waals surface area (Å²) < 4.78 is 15.6. The predicted molar refractivity (Wildman–Crippen MR) is 59.5 cm³/mol. The third-order valence-electron chi connectivity index (χ3n) is 3.47. The molecule has 0 radical (unpaired) electrons. The lowest BCUT2D eigenvalue weighted by Crippen LogP contribution is -2.15. The second-order valence-corrected chi connectivity index (χ2v) is 4.47. The zero-order valence-corrected chi connectivity index (χ0v) is 8.83. The first kappa shape index (κ1) is 8.96. The van der Waals surface area contributed by atoms with E-state index < -0.39 is 0 Å². The first-order chi connectivity index (χ1) is 7.25. The number of nitrogens with zero attached hydrogens (tertiary/aromatic N) is 1. The minimum absolute atomic E-state index is 0.103. The molecule has 1 heterocycles. The average Bonchev–Trinajstić information content (AvgIpc) is 2.48. The van der Waals surface area contributed by atoms with Gasteiger partial charge in [0.25, 0.3) is 0 Å². The van der Waals surface area contributed by atoms with Gasteiger partial charge in [-0.1, -0.05) is 0 Å². The minimum atomic E-state index is -0.103. The van der Waals surface area contributed by atoms with Gasteiger partial charge in [0.05, 0.1) is 0 Å². The lowest BCUT2D eigenvalue weighted by atomic mass is 9.93.